The minimum Gasteiger partial charge on any atom is -0.496 e. The zero-order valence-corrected chi connectivity index (χ0v) is 10.6. The monoisotopic (exact) mass is 265 g/mol. The highest BCUT2D eigenvalue weighted by Gasteiger charge is 2.18. The minimum atomic E-state index is -0.611. The molecule has 1 atom stereocenters. The molecule has 0 amide bonds. The van der Waals surface area contributed by atoms with Crippen molar-refractivity contribution >= 4 is 11.6 Å². The van der Waals surface area contributed by atoms with E-state index in [1.54, 1.807) is 25.3 Å². The van der Waals surface area contributed by atoms with Crippen molar-refractivity contribution in [3.05, 3.63) is 64.4 Å². The van der Waals surface area contributed by atoms with Gasteiger partial charge in [-0.05, 0) is 12.1 Å². The molecule has 0 spiro atoms. The number of halogens is 2. The van der Waals surface area contributed by atoms with Crippen LogP contribution in [0.3, 0.4) is 0 Å². The molecule has 2 rings (SSSR count). The number of hydrogen-bond donors (Lipinski definition) is 1. The molecule has 0 aliphatic rings. The van der Waals surface area contributed by atoms with Crippen LogP contribution >= 0.6 is 11.6 Å². The molecule has 2 aromatic carbocycles. The molecule has 0 saturated carbocycles. The Morgan fingerprint density at radius 3 is 2.50 bits per heavy atom. The average Bonchev–Trinajstić information content (AvgIpc) is 2.41. The van der Waals surface area contributed by atoms with E-state index in [-0.39, 0.29) is 5.02 Å². The van der Waals surface area contributed by atoms with Gasteiger partial charge in [0.05, 0.1) is 18.2 Å². The Labute approximate surface area is 110 Å². The van der Waals surface area contributed by atoms with Crippen LogP contribution in [0.4, 0.5) is 4.39 Å². The summed E-state index contributed by atoms with van der Waals surface area (Å²) < 4.78 is 19.1. The molecular formula is C14H13ClFNO. The Bertz CT molecular complexity index is 559. The molecule has 2 N–H and O–H groups in total. The summed E-state index contributed by atoms with van der Waals surface area (Å²) >= 11 is 5.76. The van der Waals surface area contributed by atoms with Gasteiger partial charge in [-0.3, -0.25) is 0 Å². The third-order valence-electron chi connectivity index (χ3n) is 2.79. The molecule has 0 aliphatic heterocycles. The van der Waals surface area contributed by atoms with Crippen molar-refractivity contribution in [3.63, 3.8) is 0 Å². The zero-order chi connectivity index (χ0) is 13.1. The van der Waals surface area contributed by atoms with Crippen molar-refractivity contribution < 1.29 is 9.13 Å². The molecule has 0 aromatic heterocycles. The highest BCUT2D eigenvalue weighted by Crippen LogP contribution is 2.31. The average molecular weight is 266 g/mol. The molecule has 0 saturated heterocycles. The Kier molecular flexibility index (Phi) is 3.84. The van der Waals surface area contributed by atoms with E-state index in [0.717, 1.165) is 5.56 Å². The second kappa shape index (κ2) is 5.38. The van der Waals surface area contributed by atoms with Gasteiger partial charge in [0.25, 0.3) is 0 Å². The van der Waals surface area contributed by atoms with Gasteiger partial charge in [-0.25, -0.2) is 4.39 Å². The predicted molar refractivity (Wildman–Crippen MR) is 70.4 cm³/mol. The standard InChI is InChI=1S/C14H13ClFNO/c1-18-12-8-3-2-5-9(12)14(17)10-6-4-7-11(15)13(10)16/h2-8,14H,17H2,1H3. The van der Waals surface area contributed by atoms with Gasteiger partial charge in [-0.2, -0.15) is 0 Å². The fraction of sp³-hybridized carbons (Fsp3) is 0.143. The first-order valence-electron chi connectivity index (χ1n) is 5.47. The second-order valence-electron chi connectivity index (χ2n) is 3.86. The van der Waals surface area contributed by atoms with E-state index < -0.39 is 11.9 Å². The lowest BCUT2D eigenvalue weighted by atomic mass is 9.98. The molecule has 4 heteroatoms. The first-order valence-corrected chi connectivity index (χ1v) is 5.85. The summed E-state index contributed by atoms with van der Waals surface area (Å²) in [7, 11) is 1.56. The molecule has 94 valence electrons. The SMILES string of the molecule is COc1ccccc1C(N)c1cccc(Cl)c1F. The van der Waals surface area contributed by atoms with E-state index in [9.17, 15) is 4.39 Å². The molecule has 1 unspecified atom stereocenters. The molecule has 2 aromatic rings. The molecule has 0 bridgehead atoms. The van der Waals surface area contributed by atoms with E-state index in [2.05, 4.69) is 0 Å². The fourth-order valence-electron chi connectivity index (χ4n) is 1.85. The maximum absolute atomic E-state index is 13.9. The van der Waals surface area contributed by atoms with Gasteiger partial charge in [0.2, 0.25) is 0 Å². The number of hydrogen-bond acceptors (Lipinski definition) is 2. The van der Waals surface area contributed by atoms with Crippen LogP contribution in [-0.4, -0.2) is 7.11 Å². The zero-order valence-electron chi connectivity index (χ0n) is 9.86. The number of benzene rings is 2. The number of rotatable bonds is 3. The molecule has 0 heterocycles. The normalized spacial score (nSPS) is 12.2. The van der Waals surface area contributed by atoms with Gasteiger partial charge in [0.1, 0.15) is 11.6 Å². The summed E-state index contributed by atoms with van der Waals surface area (Å²) in [6.07, 6.45) is 0. The van der Waals surface area contributed by atoms with Crippen molar-refractivity contribution in [1.82, 2.24) is 0 Å². The van der Waals surface area contributed by atoms with Crippen LogP contribution in [0.1, 0.15) is 17.2 Å². The summed E-state index contributed by atoms with van der Waals surface area (Å²) in [6, 6.07) is 11.5. The van der Waals surface area contributed by atoms with Crippen molar-refractivity contribution in [2.24, 2.45) is 5.73 Å². The minimum absolute atomic E-state index is 0.0675. The van der Waals surface area contributed by atoms with Crippen LogP contribution < -0.4 is 10.5 Å². The van der Waals surface area contributed by atoms with Crippen LogP contribution in [-0.2, 0) is 0 Å². The molecule has 0 fully saturated rings. The van der Waals surface area contributed by atoms with Crippen LogP contribution in [0, 0.1) is 5.82 Å². The first kappa shape index (κ1) is 12.9. The molecule has 0 aliphatic carbocycles. The predicted octanol–water partition coefficient (Wildman–Crippen LogP) is 3.54. The van der Waals surface area contributed by atoms with Gasteiger partial charge < -0.3 is 10.5 Å². The van der Waals surface area contributed by atoms with Crippen molar-refractivity contribution in [3.8, 4) is 5.75 Å². The van der Waals surface area contributed by atoms with E-state index in [1.807, 2.05) is 18.2 Å². The quantitative estimate of drug-likeness (QED) is 0.921. The van der Waals surface area contributed by atoms with Crippen molar-refractivity contribution in [1.29, 1.82) is 0 Å². The topological polar surface area (TPSA) is 35.2 Å². The Morgan fingerprint density at radius 1 is 1.11 bits per heavy atom. The van der Waals surface area contributed by atoms with Gasteiger partial charge in [0.15, 0.2) is 0 Å². The lowest BCUT2D eigenvalue weighted by molar-refractivity contribution is 0.407. The highest BCUT2D eigenvalue weighted by atomic mass is 35.5. The molecular weight excluding hydrogens is 253 g/mol. The highest BCUT2D eigenvalue weighted by molar-refractivity contribution is 6.30. The summed E-state index contributed by atoms with van der Waals surface area (Å²) in [5.74, 6) is 0.141. The van der Waals surface area contributed by atoms with Gasteiger partial charge in [-0.15, -0.1) is 0 Å². The third kappa shape index (κ3) is 2.33. The number of nitrogens with two attached hydrogens (primary N) is 1. The third-order valence-corrected chi connectivity index (χ3v) is 3.08. The van der Waals surface area contributed by atoms with Crippen LogP contribution in [0.2, 0.25) is 5.02 Å². The number of para-hydroxylation sites is 1. The van der Waals surface area contributed by atoms with E-state index >= 15 is 0 Å². The van der Waals surface area contributed by atoms with Crippen LogP contribution in [0.5, 0.6) is 5.75 Å². The summed E-state index contributed by atoms with van der Waals surface area (Å²) in [5, 5.41) is 0.0675. The Balaban J connectivity index is 2.48. The van der Waals surface area contributed by atoms with Gasteiger partial charge >= 0.3 is 0 Å². The van der Waals surface area contributed by atoms with Crippen LogP contribution in [0.15, 0.2) is 42.5 Å². The van der Waals surface area contributed by atoms with E-state index in [0.29, 0.717) is 11.3 Å². The lowest BCUT2D eigenvalue weighted by Crippen LogP contribution is -2.14. The Morgan fingerprint density at radius 2 is 1.78 bits per heavy atom. The fourth-order valence-corrected chi connectivity index (χ4v) is 2.03. The summed E-state index contributed by atoms with van der Waals surface area (Å²) in [4.78, 5) is 0. The van der Waals surface area contributed by atoms with Crippen molar-refractivity contribution in [2.75, 3.05) is 7.11 Å². The second-order valence-corrected chi connectivity index (χ2v) is 4.27. The number of ether oxygens (including phenoxy) is 1. The van der Waals surface area contributed by atoms with Crippen molar-refractivity contribution in [2.45, 2.75) is 6.04 Å². The lowest BCUT2D eigenvalue weighted by Gasteiger charge is -2.17. The molecule has 18 heavy (non-hydrogen) atoms. The number of methoxy groups -OCH3 is 1. The maximum Gasteiger partial charge on any atom is 0.146 e. The maximum atomic E-state index is 13.9. The van der Waals surface area contributed by atoms with E-state index in [4.69, 9.17) is 22.1 Å². The summed E-state index contributed by atoms with van der Waals surface area (Å²) in [5.41, 5.74) is 7.16. The van der Waals surface area contributed by atoms with Gasteiger partial charge in [-0.1, -0.05) is 41.9 Å². The van der Waals surface area contributed by atoms with Gasteiger partial charge in [0, 0.05) is 11.1 Å². The largest absolute Gasteiger partial charge is 0.496 e. The Hall–Kier alpha value is -1.58. The smallest absolute Gasteiger partial charge is 0.146 e. The molecule has 2 nitrogen and oxygen atoms in total. The molecule has 0 radical (unpaired) electrons. The van der Waals surface area contributed by atoms with Crippen LogP contribution in [0.25, 0.3) is 0 Å². The first-order chi connectivity index (χ1) is 8.65. The summed E-state index contributed by atoms with van der Waals surface area (Å²) in [6.45, 7) is 0. The van der Waals surface area contributed by atoms with E-state index in [1.165, 1.54) is 6.07 Å².